The summed E-state index contributed by atoms with van der Waals surface area (Å²) in [5.74, 6) is 0.756. The fourth-order valence-corrected chi connectivity index (χ4v) is 2.02. The second-order valence-electron chi connectivity index (χ2n) is 4.23. The highest BCUT2D eigenvalue weighted by Crippen LogP contribution is 2.28. The number of methoxy groups -OCH3 is 1. The molecule has 6 nitrogen and oxygen atoms in total. The van der Waals surface area contributed by atoms with Crippen molar-refractivity contribution in [3.05, 3.63) is 30.6 Å². The number of hydrogen-bond acceptors (Lipinski definition) is 5. The van der Waals surface area contributed by atoms with Gasteiger partial charge in [0.15, 0.2) is 0 Å². The van der Waals surface area contributed by atoms with Crippen molar-refractivity contribution < 1.29 is 4.74 Å². The van der Waals surface area contributed by atoms with E-state index in [0.29, 0.717) is 17.4 Å². The third kappa shape index (κ3) is 1.97. The summed E-state index contributed by atoms with van der Waals surface area (Å²) in [5.41, 5.74) is 8.14. The average Bonchev–Trinajstić information content (AvgIpc) is 2.77. The van der Waals surface area contributed by atoms with Gasteiger partial charge in [0.1, 0.15) is 11.5 Å². The zero-order valence-electron chi connectivity index (χ0n) is 10.7. The van der Waals surface area contributed by atoms with Crippen molar-refractivity contribution in [1.82, 2.24) is 19.7 Å². The minimum atomic E-state index is 0.336. The molecule has 1 aromatic carbocycles. The maximum Gasteiger partial charge on any atom is 0.242 e. The quantitative estimate of drug-likeness (QED) is 0.752. The number of anilines is 1. The number of hydrogen-bond donors (Lipinski definition) is 1. The van der Waals surface area contributed by atoms with Crippen molar-refractivity contribution in [1.29, 1.82) is 0 Å². The van der Waals surface area contributed by atoms with Crippen LogP contribution in [0.15, 0.2) is 30.6 Å². The molecule has 0 fully saturated rings. The minimum absolute atomic E-state index is 0.336. The first-order valence-electron chi connectivity index (χ1n) is 5.77. The third-order valence-corrected chi connectivity index (χ3v) is 2.84. The predicted octanol–water partition coefficient (Wildman–Crippen LogP) is 1.62. The molecule has 2 heterocycles. The first-order valence-corrected chi connectivity index (χ1v) is 5.77. The molecule has 3 rings (SSSR count). The Labute approximate surface area is 109 Å². The Morgan fingerprint density at radius 2 is 2.16 bits per heavy atom. The SMILES string of the molecule is COc1nc(N)cnc1-c1ccc2nn(C)cc2c1. The highest BCUT2D eigenvalue weighted by atomic mass is 16.5. The van der Waals surface area contributed by atoms with E-state index in [0.717, 1.165) is 16.5 Å². The monoisotopic (exact) mass is 255 g/mol. The summed E-state index contributed by atoms with van der Waals surface area (Å²) in [6, 6.07) is 5.89. The van der Waals surface area contributed by atoms with Gasteiger partial charge in [0.25, 0.3) is 0 Å². The Balaban J connectivity index is 2.18. The van der Waals surface area contributed by atoms with E-state index in [1.165, 1.54) is 6.20 Å². The van der Waals surface area contributed by atoms with Crippen LogP contribution in [0.4, 0.5) is 5.82 Å². The number of nitrogens with two attached hydrogens (primary N) is 1. The molecule has 0 amide bonds. The predicted molar refractivity (Wildman–Crippen MR) is 72.7 cm³/mol. The van der Waals surface area contributed by atoms with Crippen molar-refractivity contribution >= 4 is 16.7 Å². The van der Waals surface area contributed by atoms with Crippen LogP contribution in [0.3, 0.4) is 0 Å². The lowest BCUT2D eigenvalue weighted by molar-refractivity contribution is 0.398. The van der Waals surface area contributed by atoms with Crippen LogP contribution in [-0.4, -0.2) is 26.9 Å². The van der Waals surface area contributed by atoms with Crippen LogP contribution >= 0.6 is 0 Å². The van der Waals surface area contributed by atoms with Gasteiger partial charge in [-0.3, -0.25) is 4.68 Å². The zero-order chi connectivity index (χ0) is 13.4. The van der Waals surface area contributed by atoms with Gasteiger partial charge in [-0.25, -0.2) is 4.98 Å². The standard InChI is InChI=1S/C13H13N5O/c1-18-7-9-5-8(3-4-10(9)17-18)12-13(19-2)16-11(14)6-15-12/h3-7H,1-2H3,(H2,14,16). The van der Waals surface area contributed by atoms with Crippen LogP contribution in [0.25, 0.3) is 22.2 Å². The van der Waals surface area contributed by atoms with Gasteiger partial charge >= 0.3 is 0 Å². The normalized spacial score (nSPS) is 10.8. The van der Waals surface area contributed by atoms with E-state index in [9.17, 15) is 0 Å². The highest BCUT2D eigenvalue weighted by molar-refractivity contribution is 5.84. The lowest BCUT2D eigenvalue weighted by Gasteiger charge is -2.06. The van der Waals surface area contributed by atoms with Gasteiger partial charge in [-0.15, -0.1) is 0 Å². The van der Waals surface area contributed by atoms with E-state index < -0.39 is 0 Å². The van der Waals surface area contributed by atoms with Crippen LogP contribution in [0.2, 0.25) is 0 Å². The van der Waals surface area contributed by atoms with E-state index in [1.807, 2.05) is 31.4 Å². The van der Waals surface area contributed by atoms with Gasteiger partial charge in [0.05, 0.1) is 18.8 Å². The van der Waals surface area contributed by atoms with Crippen LogP contribution in [0.5, 0.6) is 5.88 Å². The van der Waals surface area contributed by atoms with E-state index in [4.69, 9.17) is 10.5 Å². The topological polar surface area (TPSA) is 78.8 Å². The smallest absolute Gasteiger partial charge is 0.242 e. The second-order valence-corrected chi connectivity index (χ2v) is 4.23. The second kappa shape index (κ2) is 4.24. The van der Waals surface area contributed by atoms with E-state index in [2.05, 4.69) is 15.1 Å². The number of fused-ring (bicyclic) bond motifs is 1. The average molecular weight is 255 g/mol. The summed E-state index contributed by atoms with van der Waals surface area (Å²) >= 11 is 0. The molecule has 19 heavy (non-hydrogen) atoms. The van der Waals surface area contributed by atoms with Crippen molar-refractivity contribution in [2.45, 2.75) is 0 Å². The largest absolute Gasteiger partial charge is 0.479 e. The van der Waals surface area contributed by atoms with Crippen LogP contribution in [0.1, 0.15) is 0 Å². The summed E-state index contributed by atoms with van der Waals surface area (Å²) < 4.78 is 7.00. The lowest BCUT2D eigenvalue weighted by Crippen LogP contribution is -1.98. The van der Waals surface area contributed by atoms with Gasteiger partial charge in [-0.1, -0.05) is 6.07 Å². The molecule has 6 heteroatoms. The maximum absolute atomic E-state index is 5.61. The van der Waals surface area contributed by atoms with E-state index in [-0.39, 0.29) is 0 Å². The van der Waals surface area contributed by atoms with Crippen LogP contribution in [0, 0.1) is 0 Å². The molecule has 0 unspecified atom stereocenters. The van der Waals surface area contributed by atoms with Crippen molar-refractivity contribution in [3.63, 3.8) is 0 Å². The fourth-order valence-electron chi connectivity index (χ4n) is 2.02. The highest BCUT2D eigenvalue weighted by Gasteiger charge is 2.11. The van der Waals surface area contributed by atoms with Crippen LogP contribution in [-0.2, 0) is 7.05 Å². The summed E-state index contributed by atoms with van der Waals surface area (Å²) in [6.07, 6.45) is 3.47. The lowest BCUT2D eigenvalue weighted by atomic mass is 10.1. The van der Waals surface area contributed by atoms with Gasteiger partial charge in [-0.2, -0.15) is 10.1 Å². The van der Waals surface area contributed by atoms with E-state index >= 15 is 0 Å². The molecule has 0 atom stereocenters. The number of nitrogens with zero attached hydrogens (tertiary/aromatic N) is 4. The third-order valence-electron chi connectivity index (χ3n) is 2.84. The Kier molecular flexibility index (Phi) is 2.56. The molecule has 0 spiro atoms. The minimum Gasteiger partial charge on any atom is -0.479 e. The number of aryl methyl sites for hydroxylation is 1. The van der Waals surface area contributed by atoms with Crippen molar-refractivity contribution in [3.8, 4) is 17.1 Å². The summed E-state index contributed by atoms with van der Waals surface area (Å²) in [7, 11) is 3.44. The molecular formula is C13H13N5O. The molecule has 2 N–H and O–H groups in total. The number of rotatable bonds is 2. The Bertz CT molecular complexity index is 750. The number of ether oxygens (including phenoxy) is 1. The van der Waals surface area contributed by atoms with Gasteiger partial charge < -0.3 is 10.5 Å². The molecule has 0 saturated heterocycles. The molecule has 0 radical (unpaired) electrons. The molecule has 0 aliphatic heterocycles. The van der Waals surface area contributed by atoms with Gasteiger partial charge in [0.2, 0.25) is 5.88 Å². The molecule has 0 saturated carbocycles. The van der Waals surface area contributed by atoms with E-state index in [1.54, 1.807) is 11.8 Å². The van der Waals surface area contributed by atoms with Crippen molar-refractivity contribution in [2.24, 2.45) is 7.05 Å². The Hall–Kier alpha value is -2.63. The summed E-state index contributed by atoms with van der Waals surface area (Å²) in [5, 5.41) is 5.38. The molecule has 0 aliphatic carbocycles. The Morgan fingerprint density at radius 1 is 1.32 bits per heavy atom. The molecular weight excluding hydrogens is 242 g/mol. The molecule has 96 valence electrons. The molecule has 0 aliphatic rings. The number of nitrogen functional groups attached to an aromatic ring is 1. The Morgan fingerprint density at radius 3 is 2.95 bits per heavy atom. The first kappa shape index (κ1) is 11.5. The van der Waals surface area contributed by atoms with Gasteiger partial charge in [0, 0.05) is 24.2 Å². The van der Waals surface area contributed by atoms with Crippen molar-refractivity contribution in [2.75, 3.05) is 12.8 Å². The maximum atomic E-state index is 5.61. The molecule has 2 aromatic heterocycles. The zero-order valence-corrected chi connectivity index (χ0v) is 10.7. The molecule has 3 aromatic rings. The van der Waals surface area contributed by atoms with Crippen LogP contribution < -0.4 is 10.5 Å². The fraction of sp³-hybridized carbons (Fsp3) is 0.154. The number of benzene rings is 1. The molecule has 0 bridgehead atoms. The first-order chi connectivity index (χ1) is 9.17. The van der Waals surface area contributed by atoms with Gasteiger partial charge in [-0.05, 0) is 12.1 Å². The summed E-state index contributed by atoms with van der Waals surface area (Å²) in [6.45, 7) is 0. The number of aromatic nitrogens is 4. The summed E-state index contributed by atoms with van der Waals surface area (Å²) in [4.78, 5) is 8.42.